The predicted octanol–water partition coefficient (Wildman–Crippen LogP) is 4.46. The highest BCUT2D eigenvalue weighted by molar-refractivity contribution is 9.10. The number of allylic oxidation sites excluding steroid dienone is 1. The molecule has 0 aliphatic heterocycles. The molecule has 0 heterocycles. The smallest absolute Gasteiger partial charge is 0.119 e. The molecule has 0 aliphatic rings. The first kappa shape index (κ1) is 16.3. The van der Waals surface area contributed by atoms with Crippen molar-refractivity contribution in [1.29, 1.82) is 0 Å². The molecular formula is C16H24BrNO. The number of benzene rings is 1. The predicted molar refractivity (Wildman–Crippen MR) is 85.7 cm³/mol. The first-order valence-corrected chi connectivity index (χ1v) is 7.70. The maximum absolute atomic E-state index is 5.84. The van der Waals surface area contributed by atoms with Crippen LogP contribution in [0, 0.1) is 0 Å². The van der Waals surface area contributed by atoms with Crippen molar-refractivity contribution in [2.75, 3.05) is 6.61 Å². The van der Waals surface area contributed by atoms with Gasteiger partial charge in [0.25, 0.3) is 0 Å². The normalized spacial score (nSPS) is 12.2. The third-order valence-corrected chi connectivity index (χ3v) is 3.65. The SMILES string of the molecule is C=CCCCCCOc1ccc(Br)c(CC(C)N)c1. The number of halogens is 1. The Bertz CT molecular complexity index is 390. The summed E-state index contributed by atoms with van der Waals surface area (Å²) in [5.41, 5.74) is 7.05. The van der Waals surface area contributed by atoms with E-state index in [0.717, 1.165) is 36.1 Å². The Kier molecular flexibility index (Phi) is 7.84. The van der Waals surface area contributed by atoms with E-state index in [1.807, 2.05) is 25.1 Å². The van der Waals surface area contributed by atoms with E-state index in [1.165, 1.54) is 18.4 Å². The Morgan fingerprint density at radius 3 is 2.84 bits per heavy atom. The Labute approximate surface area is 125 Å². The Hall–Kier alpha value is -0.800. The molecule has 0 amide bonds. The summed E-state index contributed by atoms with van der Waals surface area (Å²) in [5, 5.41) is 0. The molecule has 3 heteroatoms. The lowest BCUT2D eigenvalue weighted by Crippen LogP contribution is -2.18. The maximum atomic E-state index is 5.84. The second-order valence-electron chi connectivity index (χ2n) is 4.92. The van der Waals surface area contributed by atoms with Gasteiger partial charge in [0.15, 0.2) is 0 Å². The molecule has 0 saturated heterocycles. The van der Waals surface area contributed by atoms with E-state index in [0.29, 0.717) is 0 Å². The molecule has 0 spiro atoms. The summed E-state index contributed by atoms with van der Waals surface area (Å²) < 4.78 is 6.88. The zero-order chi connectivity index (χ0) is 14.1. The molecule has 0 aliphatic carbocycles. The summed E-state index contributed by atoms with van der Waals surface area (Å²) >= 11 is 3.55. The van der Waals surface area contributed by atoms with Crippen LogP contribution in [0.5, 0.6) is 5.75 Å². The van der Waals surface area contributed by atoms with E-state index >= 15 is 0 Å². The fraction of sp³-hybridized carbons (Fsp3) is 0.500. The van der Waals surface area contributed by atoms with Crippen LogP contribution in [0.4, 0.5) is 0 Å². The van der Waals surface area contributed by atoms with Crippen LogP contribution in [0.25, 0.3) is 0 Å². The van der Waals surface area contributed by atoms with Crippen molar-refractivity contribution >= 4 is 15.9 Å². The minimum Gasteiger partial charge on any atom is -0.494 e. The molecule has 1 atom stereocenters. The summed E-state index contributed by atoms with van der Waals surface area (Å²) in [6, 6.07) is 6.27. The van der Waals surface area contributed by atoms with Gasteiger partial charge < -0.3 is 10.5 Å². The highest BCUT2D eigenvalue weighted by Crippen LogP contribution is 2.23. The second-order valence-corrected chi connectivity index (χ2v) is 5.78. The van der Waals surface area contributed by atoms with E-state index in [1.54, 1.807) is 0 Å². The standard InChI is InChI=1S/C16H24BrNO/c1-3-4-5-6-7-10-19-15-8-9-16(17)14(12-15)11-13(2)18/h3,8-9,12-13H,1,4-7,10-11,18H2,2H3. The van der Waals surface area contributed by atoms with Crippen molar-refractivity contribution < 1.29 is 4.74 Å². The molecule has 2 nitrogen and oxygen atoms in total. The van der Waals surface area contributed by atoms with Crippen LogP contribution in [0.15, 0.2) is 35.3 Å². The van der Waals surface area contributed by atoms with Crippen LogP contribution < -0.4 is 10.5 Å². The molecule has 1 aromatic carbocycles. The van der Waals surface area contributed by atoms with Gasteiger partial charge in [0, 0.05) is 10.5 Å². The Morgan fingerprint density at radius 2 is 2.16 bits per heavy atom. The van der Waals surface area contributed by atoms with Gasteiger partial charge in [0.1, 0.15) is 5.75 Å². The average molecular weight is 326 g/mol. The molecule has 0 aromatic heterocycles. The quantitative estimate of drug-likeness (QED) is 0.537. The van der Waals surface area contributed by atoms with Gasteiger partial charge in [-0.25, -0.2) is 0 Å². The minimum atomic E-state index is 0.158. The van der Waals surface area contributed by atoms with Gasteiger partial charge >= 0.3 is 0 Å². The van der Waals surface area contributed by atoms with Crippen LogP contribution in [0.1, 0.15) is 38.2 Å². The molecule has 106 valence electrons. The summed E-state index contributed by atoms with van der Waals surface area (Å²) in [5.74, 6) is 0.933. The topological polar surface area (TPSA) is 35.2 Å². The van der Waals surface area contributed by atoms with Crippen LogP contribution in [-0.4, -0.2) is 12.6 Å². The highest BCUT2D eigenvalue weighted by atomic mass is 79.9. The molecule has 1 rings (SSSR count). The first-order chi connectivity index (χ1) is 9.13. The van der Waals surface area contributed by atoms with E-state index < -0.39 is 0 Å². The number of unbranched alkanes of at least 4 members (excludes halogenated alkanes) is 3. The van der Waals surface area contributed by atoms with Crippen molar-refractivity contribution in [3.63, 3.8) is 0 Å². The summed E-state index contributed by atoms with van der Waals surface area (Å²) in [6.45, 7) is 6.51. The van der Waals surface area contributed by atoms with Crippen LogP contribution in [-0.2, 0) is 6.42 Å². The van der Waals surface area contributed by atoms with Crippen molar-refractivity contribution in [3.05, 3.63) is 40.9 Å². The molecule has 0 fully saturated rings. The van der Waals surface area contributed by atoms with Crippen molar-refractivity contribution in [2.45, 2.75) is 45.1 Å². The van der Waals surface area contributed by atoms with Crippen molar-refractivity contribution in [1.82, 2.24) is 0 Å². The Morgan fingerprint density at radius 1 is 1.37 bits per heavy atom. The van der Waals surface area contributed by atoms with Gasteiger partial charge in [-0.2, -0.15) is 0 Å². The van der Waals surface area contributed by atoms with Crippen LogP contribution in [0.3, 0.4) is 0 Å². The van der Waals surface area contributed by atoms with Crippen LogP contribution >= 0.6 is 15.9 Å². The lowest BCUT2D eigenvalue weighted by molar-refractivity contribution is 0.305. The highest BCUT2D eigenvalue weighted by Gasteiger charge is 2.05. The molecule has 0 saturated carbocycles. The minimum absolute atomic E-state index is 0.158. The lowest BCUT2D eigenvalue weighted by Gasteiger charge is -2.11. The molecule has 1 aromatic rings. The van der Waals surface area contributed by atoms with Gasteiger partial charge in [-0.15, -0.1) is 6.58 Å². The van der Waals surface area contributed by atoms with Crippen LogP contribution in [0.2, 0.25) is 0 Å². The monoisotopic (exact) mass is 325 g/mol. The van der Waals surface area contributed by atoms with Gasteiger partial charge in [-0.05, 0) is 62.8 Å². The molecular weight excluding hydrogens is 302 g/mol. The zero-order valence-corrected chi connectivity index (χ0v) is 13.3. The molecule has 0 radical (unpaired) electrons. The number of ether oxygens (including phenoxy) is 1. The van der Waals surface area contributed by atoms with Crippen molar-refractivity contribution in [2.24, 2.45) is 5.73 Å². The van der Waals surface area contributed by atoms with Gasteiger partial charge in [0.2, 0.25) is 0 Å². The third-order valence-electron chi connectivity index (χ3n) is 2.88. The lowest BCUT2D eigenvalue weighted by atomic mass is 10.1. The molecule has 0 bridgehead atoms. The van der Waals surface area contributed by atoms with Gasteiger partial charge in [0.05, 0.1) is 6.61 Å². The average Bonchev–Trinajstić information content (AvgIpc) is 2.37. The first-order valence-electron chi connectivity index (χ1n) is 6.91. The second kappa shape index (κ2) is 9.16. The van der Waals surface area contributed by atoms with E-state index in [-0.39, 0.29) is 6.04 Å². The summed E-state index contributed by atoms with van der Waals surface area (Å²) in [6.07, 6.45) is 7.40. The molecule has 19 heavy (non-hydrogen) atoms. The maximum Gasteiger partial charge on any atom is 0.119 e. The van der Waals surface area contributed by atoms with E-state index in [9.17, 15) is 0 Å². The van der Waals surface area contributed by atoms with E-state index in [4.69, 9.17) is 10.5 Å². The number of rotatable bonds is 9. The third kappa shape index (κ3) is 6.79. The van der Waals surface area contributed by atoms with Gasteiger partial charge in [-0.1, -0.05) is 22.0 Å². The number of hydrogen-bond acceptors (Lipinski definition) is 2. The summed E-state index contributed by atoms with van der Waals surface area (Å²) in [4.78, 5) is 0. The molecule has 2 N–H and O–H groups in total. The fourth-order valence-electron chi connectivity index (χ4n) is 1.90. The number of nitrogens with two attached hydrogens (primary N) is 1. The number of hydrogen-bond donors (Lipinski definition) is 1. The van der Waals surface area contributed by atoms with Crippen molar-refractivity contribution in [3.8, 4) is 5.75 Å². The zero-order valence-electron chi connectivity index (χ0n) is 11.7. The van der Waals surface area contributed by atoms with Gasteiger partial charge in [-0.3, -0.25) is 0 Å². The molecule has 1 unspecified atom stereocenters. The summed E-state index contributed by atoms with van der Waals surface area (Å²) in [7, 11) is 0. The largest absolute Gasteiger partial charge is 0.494 e. The van der Waals surface area contributed by atoms with E-state index in [2.05, 4.69) is 28.6 Å². The Balaban J connectivity index is 2.39. The fourth-order valence-corrected chi connectivity index (χ4v) is 2.31.